The van der Waals surface area contributed by atoms with Gasteiger partial charge in [0.25, 0.3) is 0 Å². The summed E-state index contributed by atoms with van der Waals surface area (Å²) in [7, 11) is 0. The minimum absolute atomic E-state index is 0.751. The van der Waals surface area contributed by atoms with Crippen molar-refractivity contribution in [3.05, 3.63) is 10.6 Å². The summed E-state index contributed by atoms with van der Waals surface area (Å²) < 4.78 is 0.823. The van der Waals surface area contributed by atoms with Crippen molar-refractivity contribution in [2.75, 3.05) is 5.73 Å². The van der Waals surface area contributed by atoms with Crippen molar-refractivity contribution in [1.29, 1.82) is 0 Å². The first-order chi connectivity index (χ1) is 7.20. The fraction of sp³-hybridized carbons (Fsp3) is 0.727. The molecule has 0 aromatic carbocycles. The number of thiazole rings is 1. The highest BCUT2D eigenvalue weighted by Crippen LogP contribution is 2.35. The van der Waals surface area contributed by atoms with Gasteiger partial charge in [-0.05, 0) is 31.6 Å². The van der Waals surface area contributed by atoms with E-state index in [-0.39, 0.29) is 0 Å². The van der Waals surface area contributed by atoms with Gasteiger partial charge in [-0.2, -0.15) is 0 Å². The van der Waals surface area contributed by atoms with Crippen molar-refractivity contribution in [3.63, 3.8) is 0 Å². The van der Waals surface area contributed by atoms with Crippen LogP contribution in [0.15, 0.2) is 0 Å². The number of hydrogen-bond acceptors (Lipinski definition) is 3. The summed E-state index contributed by atoms with van der Waals surface area (Å²) in [6, 6.07) is 0. The zero-order valence-corrected chi connectivity index (χ0v) is 12.0. The first-order valence-electron chi connectivity index (χ1n) is 5.58. The van der Waals surface area contributed by atoms with E-state index in [9.17, 15) is 0 Å². The molecule has 1 aliphatic rings. The fourth-order valence-electron chi connectivity index (χ4n) is 2.24. The number of alkyl halides is 1. The van der Waals surface area contributed by atoms with Gasteiger partial charge in [-0.25, -0.2) is 4.98 Å². The molecule has 0 bridgehead atoms. The van der Waals surface area contributed by atoms with Crippen LogP contribution in [0.25, 0.3) is 0 Å². The van der Waals surface area contributed by atoms with Crippen molar-refractivity contribution >= 4 is 39.1 Å². The van der Waals surface area contributed by atoms with E-state index in [0.29, 0.717) is 0 Å². The third-order valence-corrected chi connectivity index (χ3v) is 5.66. The van der Waals surface area contributed by atoms with Gasteiger partial charge in [0.2, 0.25) is 0 Å². The molecule has 2 N–H and O–H groups in total. The molecule has 2 nitrogen and oxygen atoms in total. The Labute approximate surface area is 109 Å². The van der Waals surface area contributed by atoms with Crippen LogP contribution in [-0.4, -0.2) is 8.91 Å². The maximum Gasteiger partial charge on any atom is 0.180 e. The number of rotatable bonds is 3. The summed E-state index contributed by atoms with van der Waals surface area (Å²) in [4.78, 5) is 5.83. The Kier molecular flexibility index (Phi) is 3.88. The van der Waals surface area contributed by atoms with Gasteiger partial charge in [0.05, 0.1) is 5.69 Å². The van der Waals surface area contributed by atoms with Crippen LogP contribution >= 0.6 is 33.9 Å². The van der Waals surface area contributed by atoms with Crippen LogP contribution in [-0.2, 0) is 12.8 Å². The molecule has 1 heterocycles. The average molecular weight is 336 g/mol. The maximum absolute atomic E-state index is 5.74. The van der Waals surface area contributed by atoms with Crippen molar-refractivity contribution in [2.45, 2.75) is 43.0 Å². The Morgan fingerprint density at radius 1 is 1.67 bits per heavy atom. The molecule has 1 aromatic rings. The number of anilines is 1. The minimum Gasteiger partial charge on any atom is -0.375 e. The molecule has 0 radical (unpaired) electrons. The molecule has 2 unspecified atom stereocenters. The van der Waals surface area contributed by atoms with E-state index in [0.717, 1.165) is 21.4 Å². The van der Waals surface area contributed by atoms with E-state index in [1.165, 1.54) is 36.3 Å². The predicted molar refractivity (Wildman–Crippen MR) is 74.8 cm³/mol. The van der Waals surface area contributed by atoms with Crippen LogP contribution in [0.1, 0.15) is 36.8 Å². The monoisotopic (exact) mass is 336 g/mol. The summed E-state index contributed by atoms with van der Waals surface area (Å²) in [5.74, 6) is 0.845. The van der Waals surface area contributed by atoms with Gasteiger partial charge in [-0.15, -0.1) is 11.3 Å². The highest BCUT2D eigenvalue weighted by Gasteiger charge is 2.26. The molecule has 0 saturated carbocycles. The largest absolute Gasteiger partial charge is 0.375 e. The van der Waals surface area contributed by atoms with Crippen LogP contribution in [0.4, 0.5) is 5.13 Å². The molecule has 0 saturated heterocycles. The number of aromatic nitrogens is 1. The first kappa shape index (κ1) is 11.6. The van der Waals surface area contributed by atoms with Crippen LogP contribution < -0.4 is 5.73 Å². The minimum atomic E-state index is 0.751. The molecule has 1 aromatic heterocycles. The van der Waals surface area contributed by atoms with Gasteiger partial charge < -0.3 is 5.73 Å². The SMILES string of the molecule is CCCC(I)C1CCc2nc(N)sc2C1. The normalized spacial score (nSPS) is 22.4. The third kappa shape index (κ3) is 2.64. The lowest BCUT2D eigenvalue weighted by molar-refractivity contribution is 0.437. The molecule has 2 atom stereocenters. The second-order valence-corrected chi connectivity index (χ2v) is 6.94. The van der Waals surface area contributed by atoms with Gasteiger partial charge in [0.1, 0.15) is 0 Å². The van der Waals surface area contributed by atoms with Crippen molar-refractivity contribution in [1.82, 2.24) is 4.98 Å². The van der Waals surface area contributed by atoms with Crippen molar-refractivity contribution in [2.24, 2.45) is 5.92 Å². The topological polar surface area (TPSA) is 38.9 Å². The Bertz CT molecular complexity index is 337. The highest BCUT2D eigenvalue weighted by atomic mass is 127. The van der Waals surface area contributed by atoms with E-state index >= 15 is 0 Å². The van der Waals surface area contributed by atoms with Gasteiger partial charge >= 0.3 is 0 Å². The lowest BCUT2D eigenvalue weighted by Crippen LogP contribution is -2.21. The van der Waals surface area contributed by atoms with E-state index in [1.807, 2.05) is 0 Å². The number of hydrogen-bond donors (Lipinski definition) is 1. The fourth-order valence-corrected chi connectivity index (χ4v) is 4.45. The maximum atomic E-state index is 5.74. The number of aryl methyl sites for hydroxylation is 1. The second kappa shape index (κ2) is 4.99. The molecular weight excluding hydrogens is 319 g/mol. The molecule has 15 heavy (non-hydrogen) atoms. The Morgan fingerprint density at radius 3 is 3.20 bits per heavy atom. The van der Waals surface area contributed by atoms with E-state index < -0.39 is 0 Å². The predicted octanol–water partition coefficient (Wildman–Crippen LogP) is 3.43. The van der Waals surface area contributed by atoms with Crippen LogP contribution in [0, 0.1) is 5.92 Å². The quantitative estimate of drug-likeness (QED) is 0.678. The first-order valence-corrected chi connectivity index (χ1v) is 7.65. The summed E-state index contributed by atoms with van der Waals surface area (Å²) in [5.41, 5.74) is 7.02. The van der Waals surface area contributed by atoms with Gasteiger partial charge in [-0.1, -0.05) is 35.9 Å². The summed E-state index contributed by atoms with van der Waals surface area (Å²) in [6.45, 7) is 2.27. The molecule has 0 fully saturated rings. The van der Waals surface area contributed by atoms with Crippen molar-refractivity contribution in [3.8, 4) is 0 Å². The lowest BCUT2D eigenvalue weighted by Gasteiger charge is -2.25. The molecule has 4 heteroatoms. The Hall–Kier alpha value is 0.160. The summed E-state index contributed by atoms with van der Waals surface area (Å²) >= 11 is 4.31. The van der Waals surface area contributed by atoms with Crippen LogP contribution in [0.5, 0.6) is 0 Å². The average Bonchev–Trinajstić information content (AvgIpc) is 2.57. The smallest absolute Gasteiger partial charge is 0.180 e. The number of nitrogen functional groups attached to an aromatic ring is 1. The Balaban J connectivity index is 2.04. The summed E-state index contributed by atoms with van der Waals surface area (Å²) in [6.07, 6.45) is 6.27. The van der Waals surface area contributed by atoms with Crippen LogP contribution in [0.2, 0.25) is 0 Å². The standard InChI is InChI=1S/C11H17IN2S/c1-2-3-8(12)7-4-5-9-10(6-7)15-11(13)14-9/h7-8H,2-6H2,1H3,(H2,13,14). The molecule has 2 rings (SSSR count). The zero-order valence-electron chi connectivity index (χ0n) is 9.00. The van der Waals surface area contributed by atoms with Gasteiger partial charge in [0, 0.05) is 8.80 Å². The molecule has 0 spiro atoms. The Morgan fingerprint density at radius 2 is 2.47 bits per heavy atom. The lowest BCUT2D eigenvalue weighted by atomic mass is 9.87. The molecule has 0 amide bonds. The molecule has 0 aliphatic heterocycles. The van der Waals surface area contributed by atoms with Gasteiger partial charge in [0.15, 0.2) is 5.13 Å². The van der Waals surface area contributed by atoms with Crippen molar-refractivity contribution < 1.29 is 0 Å². The molecule has 84 valence electrons. The van der Waals surface area contributed by atoms with Gasteiger partial charge in [-0.3, -0.25) is 0 Å². The van der Waals surface area contributed by atoms with E-state index in [2.05, 4.69) is 34.5 Å². The van der Waals surface area contributed by atoms with Crippen LogP contribution in [0.3, 0.4) is 0 Å². The number of halogens is 1. The second-order valence-electron chi connectivity index (χ2n) is 4.23. The zero-order chi connectivity index (χ0) is 10.8. The number of fused-ring (bicyclic) bond motifs is 1. The molecule has 1 aliphatic carbocycles. The van der Waals surface area contributed by atoms with E-state index in [1.54, 1.807) is 11.3 Å². The van der Waals surface area contributed by atoms with E-state index in [4.69, 9.17) is 5.73 Å². The molecular formula is C11H17IN2S. The highest BCUT2D eigenvalue weighted by molar-refractivity contribution is 14.1. The third-order valence-electron chi connectivity index (χ3n) is 3.07. The summed E-state index contributed by atoms with van der Waals surface area (Å²) in [5, 5.41) is 0.751. The number of nitrogens with zero attached hydrogens (tertiary/aromatic N) is 1. The number of nitrogens with two attached hydrogens (primary N) is 1.